The Morgan fingerprint density at radius 2 is 1.73 bits per heavy atom. The molecule has 78 valence electrons. The molecule has 2 nitrogen and oxygen atoms in total. The number of nitrogens with zero attached hydrogens (tertiary/aromatic N) is 2. The van der Waals surface area contributed by atoms with Gasteiger partial charge >= 0.3 is 0 Å². The van der Waals surface area contributed by atoms with Crippen molar-refractivity contribution in [3.63, 3.8) is 0 Å². The number of fused-ring (bicyclic) bond motifs is 1. The van der Waals surface area contributed by atoms with Crippen molar-refractivity contribution in [1.82, 2.24) is 9.97 Å². The van der Waals surface area contributed by atoms with Crippen LogP contribution in [0.5, 0.6) is 0 Å². The van der Waals surface area contributed by atoms with Crippen molar-refractivity contribution in [2.75, 3.05) is 0 Å². The van der Waals surface area contributed by atoms with Gasteiger partial charge in [-0.15, -0.1) is 0 Å². The summed E-state index contributed by atoms with van der Waals surface area (Å²) in [6.45, 7) is 4.05. The Balaban J connectivity index is 2.75. The van der Waals surface area contributed by atoms with Gasteiger partial charge in [-0.2, -0.15) is 0 Å². The van der Waals surface area contributed by atoms with E-state index in [1.165, 1.54) is 6.07 Å². The molecule has 0 bridgehead atoms. The van der Waals surface area contributed by atoms with Crippen molar-refractivity contribution in [3.05, 3.63) is 35.4 Å². The third-order valence-corrected chi connectivity index (χ3v) is 2.47. The predicted molar refractivity (Wildman–Crippen MR) is 58.3 cm³/mol. The molecule has 1 heterocycles. The monoisotopic (exact) mass is 204 g/mol. The summed E-state index contributed by atoms with van der Waals surface area (Å²) in [6.07, 6.45) is 1.63. The van der Waals surface area contributed by atoms with E-state index in [0.29, 0.717) is 11.0 Å². The highest BCUT2D eigenvalue weighted by atomic mass is 19.1. The van der Waals surface area contributed by atoms with Gasteiger partial charge in [-0.3, -0.25) is 0 Å². The van der Waals surface area contributed by atoms with E-state index in [1.54, 1.807) is 12.1 Å². The minimum absolute atomic E-state index is 0.294. The van der Waals surface area contributed by atoms with Crippen molar-refractivity contribution in [1.29, 1.82) is 0 Å². The molecule has 0 fully saturated rings. The Morgan fingerprint density at radius 3 is 2.40 bits per heavy atom. The smallest absolute Gasteiger partial charge is 0.151 e. The molecule has 0 aliphatic carbocycles. The molecule has 0 saturated carbocycles. The first-order valence-corrected chi connectivity index (χ1v) is 5.20. The van der Waals surface area contributed by atoms with E-state index in [4.69, 9.17) is 0 Å². The summed E-state index contributed by atoms with van der Waals surface area (Å²) in [7, 11) is 0. The molecule has 0 radical (unpaired) electrons. The molecule has 15 heavy (non-hydrogen) atoms. The predicted octanol–water partition coefficient (Wildman–Crippen LogP) is 2.89. The summed E-state index contributed by atoms with van der Waals surface area (Å²) in [5.41, 5.74) is 2.89. The second kappa shape index (κ2) is 3.93. The first-order chi connectivity index (χ1) is 7.26. The number of hydrogen-bond donors (Lipinski definition) is 0. The molecule has 0 spiro atoms. The molecule has 2 aromatic rings. The van der Waals surface area contributed by atoms with Crippen LogP contribution in [0.4, 0.5) is 4.39 Å². The second-order valence-corrected chi connectivity index (χ2v) is 3.43. The minimum atomic E-state index is -0.294. The lowest BCUT2D eigenvalue weighted by atomic mass is 10.2. The highest BCUT2D eigenvalue weighted by Gasteiger charge is 2.08. The van der Waals surface area contributed by atoms with Crippen LogP contribution in [0.1, 0.15) is 25.2 Å². The van der Waals surface area contributed by atoms with Crippen LogP contribution in [0, 0.1) is 5.82 Å². The van der Waals surface area contributed by atoms with Crippen LogP contribution in [-0.2, 0) is 12.8 Å². The fraction of sp³-hybridized carbons (Fsp3) is 0.333. The Kier molecular flexibility index (Phi) is 2.62. The normalized spacial score (nSPS) is 10.9. The zero-order chi connectivity index (χ0) is 10.8. The van der Waals surface area contributed by atoms with Crippen LogP contribution in [0.25, 0.3) is 11.0 Å². The van der Waals surface area contributed by atoms with Crippen molar-refractivity contribution < 1.29 is 4.39 Å². The molecular formula is C12H13FN2. The Labute approximate surface area is 88.2 Å². The molecule has 0 aliphatic rings. The lowest BCUT2D eigenvalue weighted by Gasteiger charge is -2.06. The molecule has 0 N–H and O–H groups in total. The van der Waals surface area contributed by atoms with Gasteiger partial charge in [0.15, 0.2) is 5.82 Å². The summed E-state index contributed by atoms with van der Waals surface area (Å²) >= 11 is 0. The lowest BCUT2D eigenvalue weighted by Crippen LogP contribution is -2.01. The summed E-state index contributed by atoms with van der Waals surface area (Å²) < 4.78 is 13.4. The summed E-state index contributed by atoms with van der Waals surface area (Å²) in [5.74, 6) is -0.294. The van der Waals surface area contributed by atoms with Crippen LogP contribution in [0.15, 0.2) is 18.2 Å². The SMILES string of the molecule is CCc1nc2cccc(F)c2nc1CC. The number of para-hydroxylation sites is 1. The van der Waals surface area contributed by atoms with Crippen molar-refractivity contribution >= 4 is 11.0 Å². The van der Waals surface area contributed by atoms with Crippen molar-refractivity contribution in [2.45, 2.75) is 26.7 Å². The number of halogens is 1. The molecule has 1 aromatic heterocycles. The van der Waals surface area contributed by atoms with E-state index in [1.807, 2.05) is 13.8 Å². The number of rotatable bonds is 2. The van der Waals surface area contributed by atoms with Crippen molar-refractivity contribution in [2.24, 2.45) is 0 Å². The quantitative estimate of drug-likeness (QED) is 0.751. The molecule has 3 heteroatoms. The van der Waals surface area contributed by atoms with E-state index in [0.717, 1.165) is 24.2 Å². The molecule has 0 amide bonds. The maximum Gasteiger partial charge on any atom is 0.151 e. The Hall–Kier alpha value is -1.51. The zero-order valence-electron chi connectivity index (χ0n) is 8.92. The molecule has 0 unspecified atom stereocenters. The van der Waals surface area contributed by atoms with Gasteiger partial charge in [0.2, 0.25) is 0 Å². The zero-order valence-corrected chi connectivity index (χ0v) is 8.92. The third kappa shape index (κ3) is 1.69. The van der Waals surface area contributed by atoms with Crippen molar-refractivity contribution in [3.8, 4) is 0 Å². The average Bonchev–Trinajstić information content (AvgIpc) is 2.28. The molecule has 0 saturated heterocycles. The van der Waals surface area contributed by atoms with Crippen LogP contribution in [0.2, 0.25) is 0 Å². The fourth-order valence-corrected chi connectivity index (χ4v) is 1.68. The summed E-state index contributed by atoms with van der Waals surface area (Å²) in [4.78, 5) is 8.75. The summed E-state index contributed by atoms with van der Waals surface area (Å²) in [5, 5.41) is 0. The first kappa shape index (κ1) is 10.0. The number of aryl methyl sites for hydroxylation is 2. The van der Waals surface area contributed by atoms with E-state index in [9.17, 15) is 4.39 Å². The molecule has 0 atom stereocenters. The van der Waals surface area contributed by atoms with E-state index >= 15 is 0 Å². The van der Waals surface area contributed by atoms with Crippen LogP contribution < -0.4 is 0 Å². The van der Waals surface area contributed by atoms with Gasteiger partial charge in [-0.25, -0.2) is 14.4 Å². The van der Waals surface area contributed by atoms with Gasteiger partial charge in [0.25, 0.3) is 0 Å². The molecule has 1 aromatic carbocycles. The molecule has 0 aliphatic heterocycles. The van der Waals surface area contributed by atoms with Crippen LogP contribution in [0.3, 0.4) is 0 Å². The number of aromatic nitrogens is 2. The highest BCUT2D eigenvalue weighted by molar-refractivity contribution is 5.75. The number of hydrogen-bond acceptors (Lipinski definition) is 2. The average molecular weight is 204 g/mol. The minimum Gasteiger partial charge on any atom is -0.249 e. The van der Waals surface area contributed by atoms with Crippen LogP contribution >= 0.6 is 0 Å². The third-order valence-electron chi connectivity index (χ3n) is 2.47. The van der Waals surface area contributed by atoms with E-state index < -0.39 is 0 Å². The Bertz CT molecular complexity index is 494. The van der Waals surface area contributed by atoms with Gasteiger partial charge in [-0.1, -0.05) is 19.9 Å². The Morgan fingerprint density at radius 1 is 1.07 bits per heavy atom. The van der Waals surface area contributed by atoms with Gasteiger partial charge in [0.1, 0.15) is 5.52 Å². The van der Waals surface area contributed by atoms with Gasteiger partial charge in [0.05, 0.1) is 16.9 Å². The molecular weight excluding hydrogens is 191 g/mol. The molecule has 2 rings (SSSR count). The summed E-state index contributed by atoms with van der Waals surface area (Å²) in [6, 6.07) is 4.88. The van der Waals surface area contributed by atoms with E-state index in [2.05, 4.69) is 9.97 Å². The second-order valence-electron chi connectivity index (χ2n) is 3.43. The van der Waals surface area contributed by atoms with E-state index in [-0.39, 0.29) is 5.82 Å². The van der Waals surface area contributed by atoms with Gasteiger partial charge in [-0.05, 0) is 25.0 Å². The fourth-order valence-electron chi connectivity index (χ4n) is 1.68. The van der Waals surface area contributed by atoms with Gasteiger partial charge < -0.3 is 0 Å². The standard InChI is InChI=1S/C12H13FN2/c1-3-9-10(4-2)15-12-8(13)6-5-7-11(12)14-9/h5-7H,3-4H2,1-2H3. The number of benzene rings is 1. The first-order valence-electron chi connectivity index (χ1n) is 5.20. The maximum absolute atomic E-state index is 13.4. The van der Waals surface area contributed by atoms with Crippen LogP contribution in [-0.4, -0.2) is 9.97 Å². The topological polar surface area (TPSA) is 25.8 Å². The maximum atomic E-state index is 13.4. The largest absolute Gasteiger partial charge is 0.249 e. The highest BCUT2D eigenvalue weighted by Crippen LogP contribution is 2.16. The lowest BCUT2D eigenvalue weighted by molar-refractivity contribution is 0.635. The van der Waals surface area contributed by atoms with Gasteiger partial charge in [0, 0.05) is 0 Å².